The number of aliphatic hydroxyl groups is 7. The van der Waals surface area contributed by atoms with Crippen LogP contribution in [0.5, 0.6) is 0 Å². The van der Waals surface area contributed by atoms with E-state index in [-0.39, 0.29) is 244 Å². The van der Waals surface area contributed by atoms with Crippen molar-refractivity contribution in [1.29, 1.82) is 0 Å². The maximum absolute atomic E-state index is 14.4. The van der Waals surface area contributed by atoms with Gasteiger partial charge in [0.2, 0.25) is 0 Å². The summed E-state index contributed by atoms with van der Waals surface area (Å²) in [5.41, 5.74) is -4.76. The van der Waals surface area contributed by atoms with Crippen molar-refractivity contribution in [3.05, 3.63) is 94.1 Å². The van der Waals surface area contributed by atoms with E-state index >= 15 is 0 Å². The summed E-state index contributed by atoms with van der Waals surface area (Å²) in [7, 11) is 0. The monoisotopic (exact) mass is 2010 g/mol. The first kappa shape index (κ1) is 77.5. The number of aliphatic hydroxyl groups excluding tert-OH is 3. The molecule has 9 N–H and O–H groups in total. The summed E-state index contributed by atoms with van der Waals surface area (Å²) in [6.45, 7) is 26.5. The summed E-state index contributed by atoms with van der Waals surface area (Å²) in [4.78, 5) is 43.8. The summed E-state index contributed by atoms with van der Waals surface area (Å²) >= 11 is 0. The van der Waals surface area contributed by atoms with Crippen LogP contribution in [0, 0.1) is 251 Å². The Balaban J connectivity index is 0.000000294. The molecule has 2 aliphatic heterocycles. The molecule has 2 aromatic rings. The Morgan fingerprint density at radius 1 is 0.614 bits per heavy atom. The minimum Gasteiger partial charge on any atom is -0.481 e. The zero-order chi connectivity index (χ0) is 58.7. The van der Waals surface area contributed by atoms with Gasteiger partial charge in [-0.3, -0.25) is 19.6 Å². The van der Waals surface area contributed by atoms with Crippen LogP contribution in [0.2, 0.25) is 0 Å². The molecule has 14 unspecified atom stereocenters. The molecule has 4 saturated carbocycles. The summed E-state index contributed by atoms with van der Waals surface area (Å²) in [6, 6.07) is 19.6. The number of hydrogen-bond donors (Lipinski definition) is 9. The van der Waals surface area contributed by atoms with Crippen molar-refractivity contribution in [2.45, 2.75) is 194 Å². The number of carboxylic acids is 1. The van der Waals surface area contributed by atoms with Gasteiger partial charge in [0.05, 0.1) is 48.6 Å². The van der Waals surface area contributed by atoms with Crippen LogP contribution in [0.15, 0.2) is 83.0 Å². The quantitative estimate of drug-likeness (QED) is 0.0712. The topological polar surface area (TPSA) is 261 Å². The van der Waals surface area contributed by atoms with Gasteiger partial charge in [-0.1, -0.05) is 149 Å². The maximum Gasteiger partial charge on any atom is 0.306 e. The third-order valence-electron chi connectivity index (χ3n) is 23.0. The average Bonchev–Trinajstić information content (AvgIpc) is 3.38. The van der Waals surface area contributed by atoms with Gasteiger partial charge in [0.1, 0.15) is 29.5 Å². The van der Waals surface area contributed by atoms with Crippen molar-refractivity contribution in [1.82, 2.24) is 0 Å². The molecule has 6 fully saturated rings. The molecule has 21 atom stereocenters. The first-order chi connectivity index (χ1) is 36.6. The standard InChI is InChI=1S/C32H46O7.C22H34O6.C10H12O2.4Ac/c1-17(13-21-11-9-8-10-12-21)26(39-37)22-15-32(36)20(4)27-30(7,18(2)14-23-31(27,35)16-38-23)28(34)25(33)24(19(22)3)29(32,5)6;1-10-7-14-21(26,9-28-14)17-12(3)22(27)8-13(23)11(2)15(19(22,4)5)16(24)18(25)20(10,17)6;1-8(10(11)12)7-9-5-3-2-4-6-9;;;;/h8-12,17-18,20,22-23,25-27,33,35-37H,13-16H2,1-7H3;10,12-14,16-17,23-24,26-27H,7-9H2,1-6H3;2-6,8H,7H2,1H3,(H,11,12);;;;/t17?,18-,20?,22?,23?,25?,26-,27?,30+,31-,32?;10-,12?,13?,14?,16?,17?,20+,21-,22?;;;;;/m00...../s1. The van der Waals surface area contributed by atoms with Gasteiger partial charge in [0.25, 0.3) is 0 Å². The van der Waals surface area contributed by atoms with Crippen molar-refractivity contribution in [2.75, 3.05) is 13.2 Å². The van der Waals surface area contributed by atoms with E-state index in [4.69, 9.17) is 19.5 Å². The second kappa shape index (κ2) is 28.3. The molecule has 10 rings (SSSR count). The van der Waals surface area contributed by atoms with Crippen LogP contribution in [0.4, 0.5) is 0 Å². The van der Waals surface area contributed by atoms with Crippen LogP contribution in [-0.4, -0.2) is 136 Å². The molecule has 2 heterocycles. The smallest absolute Gasteiger partial charge is 0.306 e. The molecule has 6 aliphatic carbocycles. The Bertz CT molecular complexity index is 2710. The number of rotatable bonds is 8. The predicted molar refractivity (Wildman–Crippen MR) is 296 cm³/mol. The second-order valence-corrected chi connectivity index (χ2v) is 27.5. The number of carboxylic acid groups (broad SMARTS) is 1. The van der Waals surface area contributed by atoms with Gasteiger partial charge in [0, 0.05) is 222 Å². The molecule has 450 valence electrons. The second-order valence-electron chi connectivity index (χ2n) is 27.5. The third-order valence-corrected chi connectivity index (χ3v) is 23.0. The van der Waals surface area contributed by atoms with E-state index in [1.165, 1.54) is 0 Å². The largest absolute Gasteiger partial charge is 0.481 e. The van der Waals surface area contributed by atoms with Crippen LogP contribution in [-0.2, 0) is 41.6 Å². The Hall–Kier alpha value is 2.06. The SMILES string of the molecule is CC(Cc1ccccc1)C(=O)O.CC1=C2C(O)C(=O)[C@@]3(C)C(C(C)C(O)(CC1O)C2(C)C)[C@]1(O)COC1C[C@@H]3C.CC1=C2C(O)C(=O)[C@@]3(C)C(C(C)C(O)(CC1[C@@H](OO)C(C)Cc1ccccc1)C2(C)C)[C@]1(O)COC1C[C@@H]3C.[Ac].[Ac].[Ac].[Ac]. The van der Waals surface area contributed by atoms with E-state index in [0.717, 1.165) is 16.7 Å². The molecule has 15 nitrogen and oxygen atoms in total. The van der Waals surface area contributed by atoms with E-state index in [9.17, 15) is 55.4 Å². The molecular formula is C64H92Ac4O15. The molecular weight excluding hydrogens is 1920 g/mol. The van der Waals surface area contributed by atoms with Gasteiger partial charge in [-0.05, 0) is 103 Å². The number of Topliss-reactive ketones (excluding diaryl/α,β-unsaturated/α-hetero) is 2. The minimum absolute atomic E-state index is 0. The van der Waals surface area contributed by atoms with Crippen molar-refractivity contribution in [2.24, 2.45) is 74.9 Å². The molecule has 2 aromatic carbocycles. The molecule has 4 bridgehead atoms. The number of ketones is 2. The minimum atomic E-state index is -1.44. The predicted octanol–water partition coefficient (Wildman–Crippen LogP) is 7.34. The van der Waals surface area contributed by atoms with E-state index in [1.807, 2.05) is 144 Å². The summed E-state index contributed by atoms with van der Waals surface area (Å²) < 4.78 is 11.4. The molecule has 8 aliphatic rings. The number of fused-ring (bicyclic) bond motifs is 10. The molecule has 2 saturated heterocycles. The van der Waals surface area contributed by atoms with Crippen LogP contribution in [0.3, 0.4) is 0 Å². The van der Waals surface area contributed by atoms with Crippen LogP contribution < -0.4 is 0 Å². The van der Waals surface area contributed by atoms with Crippen LogP contribution >= 0.6 is 0 Å². The molecule has 0 spiro atoms. The summed E-state index contributed by atoms with van der Waals surface area (Å²) in [5.74, 6) is -4.71. The molecule has 83 heavy (non-hydrogen) atoms. The Labute approximate surface area is 635 Å². The normalized spacial score (nSPS) is 41.6. The maximum atomic E-state index is 14.4. The fraction of sp³-hybridized carbons (Fsp3) is 0.703. The number of carbonyl (C=O) groups is 3. The van der Waals surface area contributed by atoms with Crippen LogP contribution in [0.1, 0.15) is 134 Å². The van der Waals surface area contributed by atoms with E-state index < -0.39 is 110 Å². The van der Waals surface area contributed by atoms with Gasteiger partial charge >= 0.3 is 5.97 Å². The van der Waals surface area contributed by atoms with Crippen molar-refractivity contribution in [3.8, 4) is 0 Å². The molecule has 19 heteroatoms. The van der Waals surface area contributed by atoms with Gasteiger partial charge in [-0.25, -0.2) is 4.89 Å². The van der Waals surface area contributed by atoms with Gasteiger partial charge < -0.3 is 50.3 Å². The summed E-state index contributed by atoms with van der Waals surface area (Å²) in [6.07, 6.45) is -2.54. The number of hydrogen-bond acceptors (Lipinski definition) is 14. The van der Waals surface area contributed by atoms with E-state index in [0.29, 0.717) is 42.4 Å². The van der Waals surface area contributed by atoms with Crippen molar-refractivity contribution < 1.29 is 251 Å². The number of ether oxygens (including phenoxy) is 2. The third kappa shape index (κ3) is 12.6. The summed E-state index contributed by atoms with van der Waals surface area (Å²) in [5, 5.41) is 101. The fourth-order valence-corrected chi connectivity index (χ4v) is 17.7. The Morgan fingerprint density at radius 3 is 1.35 bits per heavy atom. The zero-order valence-electron chi connectivity index (χ0n) is 51.4. The molecule has 0 aromatic heterocycles. The Morgan fingerprint density at radius 2 is 0.988 bits per heavy atom. The molecule has 0 amide bonds. The zero-order valence-corrected chi connectivity index (χ0v) is 70.4. The number of aliphatic carboxylic acids is 1. The van der Waals surface area contributed by atoms with E-state index in [1.54, 1.807) is 13.8 Å². The first-order valence-corrected chi connectivity index (χ1v) is 28.9. The fourth-order valence-electron chi connectivity index (χ4n) is 17.7. The average molecular weight is 2010 g/mol. The van der Waals surface area contributed by atoms with Crippen molar-refractivity contribution >= 4 is 17.5 Å². The number of benzene rings is 2. The van der Waals surface area contributed by atoms with E-state index in [2.05, 4.69) is 0 Å². The van der Waals surface area contributed by atoms with Gasteiger partial charge in [0.15, 0.2) is 11.6 Å². The Kier molecular flexibility index (Phi) is 26.5. The first-order valence-electron chi connectivity index (χ1n) is 28.9. The van der Waals surface area contributed by atoms with Crippen LogP contribution in [0.25, 0.3) is 0 Å². The van der Waals surface area contributed by atoms with Crippen molar-refractivity contribution in [3.63, 3.8) is 0 Å². The van der Waals surface area contributed by atoms with Gasteiger partial charge in [-0.2, -0.15) is 0 Å². The molecule has 4 radical (unpaired) electrons. The number of carbonyl (C=O) groups excluding carboxylic acids is 2. The van der Waals surface area contributed by atoms with Gasteiger partial charge in [-0.15, -0.1) is 0 Å².